The minimum Gasteiger partial charge on any atom is -0.459 e. The van der Waals surface area contributed by atoms with Crippen molar-refractivity contribution in [2.75, 3.05) is 13.2 Å². The van der Waals surface area contributed by atoms with E-state index in [2.05, 4.69) is 10.1 Å². The van der Waals surface area contributed by atoms with E-state index in [0.717, 1.165) is 12.1 Å². The number of halogens is 2. The average molecular weight is 410 g/mol. The Bertz CT molecular complexity index is 852. The number of ether oxygens (including phenoxy) is 2. The molecule has 2 rings (SSSR count). The van der Waals surface area contributed by atoms with Crippen LogP contribution in [0.1, 0.15) is 27.3 Å². The molecule has 11 heteroatoms. The SMILES string of the molecule is O=C(COC(=O)CCNC(=O)c1ccco1)NC(=O)c1ccc(OC(F)F)cc1. The molecule has 0 fully saturated rings. The molecule has 9 nitrogen and oxygen atoms in total. The van der Waals surface area contributed by atoms with E-state index in [1.54, 1.807) is 0 Å². The molecule has 2 aromatic rings. The van der Waals surface area contributed by atoms with Gasteiger partial charge in [0.1, 0.15) is 5.75 Å². The van der Waals surface area contributed by atoms with Crippen molar-refractivity contribution >= 4 is 23.7 Å². The summed E-state index contributed by atoms with van der Waals surface area (Å²) in [5.41, 5.74) is 0.0203. The zero-order valence-electron chi connectivity index (χ0n) is 14.9. The number of carbonyl (C=O) groups excluding carboxylic acids is 4. The summed E-state index contributed by atoms with van der Waals surface area (Å²) >= 11 is 0. The van der Waals surface area contributed by atoms with Crippen LogP contribution in [0.25, 0.3) is 0 Å². The summed E-state index contributed by atoms with van der Waals surface area (Å²) in [6.07, 6.45) is 1.13. The summed E-state index contributed by atoms with van der Waals surface area (Å²) in [4.78, 5) is 46.7. The highest BCUT2D eigenvalue weighted by Crippen LogP contribution is 2.14. The van der Waals surface area contributed by atoms with E-state index in [-0.39, 0.29) is 30.0 Å². The van der Waals surface area contributed by atoms with E-state index in [4.69, 9.17) is 9.15 Å². The first kappa shape index (κ1) is 21.5. The van der Waals surface area contributed by atoms with Crippen molar-refractivity contribution in [3.05, 3.63) is 54.0 Å². The summed E-state index contributed by atoms with van der Waals surface area (Å²) in [5.74, 6) is -3.01. The van der Waals surface area contributed by atoms with Crippen LogP contribution in [0.15, 0.2) is 47.1 Å². The first-order valence-corrected chi connectivity index (χ1v) is 8.21. The largest absolute Gasteiger partial charge is 0.459 e. The first-order valence-electron chi connectivity index (χ1n) is 8.21. The fourth-order valence-corrected chi connectivity index (χ4v) is 2.01. The molecule has 0 radical (unpaired) electrons. The van der Waals surface area contributed by atoms with Crippen LogP contribution in [0, 0.1) is 0 Å². The quantitative estimate of drug-likeness (QED) is 0.601. The Kier molecular flexibility index (Phi) is 7.83. The van der Waals surface area contributed by atoms with Crippen molar-refractivity contribution in [2.45, 2.75) is 13.0 Å². The Hall–Kier alpha value is -3.76. The van der Waals surface area contributed by atoms with Gasteiger partial charge in [0, 0.05) is 12.1 Å². The van der Waals surface area contributed by atoms with Crippen LogP contribution in [0.5, 0.6) is 5.75 Å². The van der Waals surface area contributed by atoms with Gasteiger partial charge in [0.15, 0.2) is 12.4 Å². The Morgan fingerprint density at radius 3 is 2.38 bits per heavy atom. The van der Waals surface area contributed by atoms with Crippen LogP contribution in [0.2, 0.25) is 0 Å². The maximum atomic E-state index is 12.1. The molecule has 1 aromatic heterocycles. The molecule has 0 saturated carbocycles. The minimum absolute atomic E-state index is 0.0203. The second-order valence-electron chi connectivity index (χ2n) is 5.42. The molecular weight excluding hydrogens is 394 g/mol. The lowest BCUT2D eigenvalue weighted by atomic mass is 10.2. The van der Waals surface area contributed by atoms with Crippen molar-refractivity contribution in [2.24, 2.45) is 0 Å². The molecule has 0 bridgehead atoms. The highest BCUT2D eigenvalue weighted by atomic mass is 19.3. The molecule has 0 aliphatic carbocycles. The lowest BCUT2D eigenvalue weighted by Crippen LogP contribution is -2.34. The molecule has 0 saturated heterocycles. The van der Waals surface area contributed by atoms with E-state index < -0.39 is 36.9 Å². The summed E-state index contributed by atoms with van der Waals surface area (Å²) in [5, 5.41) is 4.41. The first-order chi connectivity index (χ1) is 13.8. The molecule has 154 valence electrons. The highest BCUT2D eigenvalue weighted by Gasteiger charge is 2.14. The van der Waals surface area contributed by atoms with Crippen molar-refractivity contribution < 1.29 is 41.8 Å². The summed E-state index contributed by atoms with van der Waals surface area (Å²) in [6.45, 7) is -3.74. The molecular formula is C18H16F2N2O7. The second kappa shape index (κ2) is 10.5. The molecule has 1 aromatic carbocycles. The fraction of sp³-hybridized carbons (Fsp3) is 0.222. The van der Waals surface area contributed by atoms with Crippen molar-refractivity contribution in [1.29, 1.82) is 0 Å². The van der Waals surface area contributed by atoms with Gasteiger partial charge in [-0.05, 0) is 36.4 Å². The van der Waals surface area contributed by atoms with Gasteiger partial charge < -0.3 is 19.2 Å². The third-order valence-electron chi connectivity index (χ3n) is 3.32. The number of furan rings is 1. The normalized spacial score (nSPS) is 10.3. The Morgan fingerprint density at radius 2 is 1.76 bits per heavy atom. The Balaban J connectivity index is 1.67. The van der Waals surface area contributed by atoms with Crippen LogP contribution in [0.3, 0.4) is 0 Å². The molecule has 0 unspecified atom stereocenters. The maximum absolute atomic E-state index is 12.1. The molecule has 0 aliphatic rings. The Labute approximate surface area is 163 Å². The molecule has 2 N–H and O–H groups in total. The number of carbonyl (C=O) groups is 4. The van der Waals surface area contributed by atoms with E-state index in [1.807, 2.05) is 5.32 Å². The monoisotopic (exact) mass is 410 g/mol. The van der Waals surface area contributed by atoms with Crippen LogP contribution in [-0.2, 0) is 14.3 Å². The Morgan fingerprint density at radius 1 is 1.03 bits per heavy atom. The number of hydrogen-bond donors (Lipinski definition) is 2. The third-order valence-corrected chi connectivity index (χ3v) is 3.32. The van der Waals surface area contributed by atoms with Crippen molar-refractivity contribution in [1.82, 2.24) is 10.6 Å². The van der Waals surface area contributed by atoms with Crippen LogP contribution < -0.4 is 15.4 Å². The minimum atomic E-state index is -3.00. The third kappa shape index (κ3) is 7.40. The highest BCUT2D eigenvalue weighted by molar-refractivity contribution is 6.05. The van der Waals surface area contributed by atoms with Crippen LogP contribution in [-0.4, -0.2) is 43.5 Å². The standard InChI is InChI=1S/C18H16F2N2O7/c19-18(20)29-12-5-3-11(4-6-12)16(25)22-14(23)10-28-15(24)7-8-21-17(26)13-2-1-9-27-13/h1-6,9,18H,7-8,10H2,(H,21,26)(H,22,23,25). The summed E-state index contributed by atoms with van der Waals surface area (Å²) in [6, 6.07) is 7.65. The van der Waals surface area contributed by atoms with Gasteiger partial charge in [-0.2, -0.15) is 8.78 Å². The maximum Gasteiger partial charge on any atom is 0.387 e. The predicted molar refractivity (Wildman–Crippen MR) is 92.2 cm³/mol. The number of hydrogen-bond acceptors (Lipinski definition) is 7. The average Bonchev–Trinajstić information content (AvgIpc) is 3.21. The van der Waals surface area contributed by atoms with Gasteiger partial charge in [0.05, 0.1) is 12.7 Å². The van der Waals surface area contributed by atoms with Crippen molar-refractivity contribution in [3.63, 3.8) is 0 Å². The number of benzene rings is 1. The van der Waals surface area contributed by atoms with Crippen molar-refractivity contribution in [3.8, 4) is 5.75 Å². The number of amides is 3. The van der Waals surface area contributed by atoms with Gasteiger partial charge in [0.2, 0.25) is 0 Å². The van der Waals surface area contributed by atoms with E-state index in [0.29, 0.717) is 0 Å². The summed E-state index contributed by atoms with van der Waals surface area (Å²) in [7, 11) is 0. The molecule has 29 heavy (non-hydrogen) atoms. The van der Waals surface area contributed by atoms with E-state index >= 15 is 0 Å². The van der Waals surface area contributed by atoms with E-state index in [9.17, 15) is 28.0 Å². The summed E-state index contributed by atoms with van der Waals surface area (Å²) < 4.78 is 37.9. The smallest absolute Gasteiger partial charge is 0.387 e. The molecule has 0 aliphatic heterocycles. The molecule has 0 atom stereocenters. The second-order valence-corrected chi connectivity index (χ2v) is 5.42. The number of esters is 1. The number of imide groups is 1. The lowest BCUT2D eigenvalue weighted by molar-refractivity contribution is -0.148. The number of nitrogens with one attached hydrogen (secondary N) is 2. The zero-order valence-corrected chi connectivity index (χ0v) is 14.9. The lowest BCUT2D eigenvalue weighted by Gasteiger charge is -2.07. The number of rotatable bonds is 9. The van der Waals surface area contributed by atoms with E-state index in [1.165, 1.54) is 30.5 Å². The van der Waals surface area contributed by atoms with Gasteiger partial charge >= 0.3 is 12.6 Å². The van der Waals surface area contributed by atoms with Gasteiger partial charge in [-0.15, -0.1) is 0 Å². The molecule has 0 spiro atoms. The molecule has 1 heterocycles. The van der Waals surface area contributed by atoms with Crippen LogP contribution in [0.4, 0.5) is 8.78 Å². The zero-order chi connectivity index (χ0) is 21.2. The predicted octanol–water partition coefficient (Wildman–Crippen LogP) is 1.50. The van der Waals surface area contributed by atoms with Gasteiger partial charge in [-0.1, -0.05) is 0 Å². The van der Waals surface area contributed by atoms with Gasteiger partial charge in [-0.25, -0.2) is 0 Å². The van der Waals surface area contributed by atoms with Gasteiger partial charge in [0.25, 0.3) is 17.7 Å². The van der Waals surface area contributed by atoms with Crippen LogP contribution >= 0.6 is 0 Å². The van der Waals surface area contributed by atoms with Gasteiger partial charge in [-0.3, -0.25) is 24.5 Å². The topological polar surface area (TPSA) is 124 Å². The number of alkyl halides is 2. The molecule has 3 amide bonds. The fourth-order valence-electron chi connectivity index (χ4n) is 2.01.